The third-order valence-electron chi connectivity index (χ3n) is 4.21. The average Bonchev–Trinajstić information content (AvgIpc) is 2.48. The molecule has 1 fully saturated rings. The van der Waals surface area contributed by atoms with E-state index in [4.69, 9.17) is 4.74 Å². The topological polar surface area (TPSA) is 29.5 Å². The predicted molar refractivity (Wildman–Crippen MR) is 78.1 cm³/mol. The molecular weight excluding hydrogens is 255 g/mol. The summed E-state index contributed by atoms with van der Waals surface area (Å²) in [5, 5.41) is 10.5. The van der Waals surface area contributed by atoms with Crippen LogP contribution in [0.1, 0.15) is 44.6 Å². The highest BCUT2D eigenvalue weighted by Gasteiger charge is 2.30. The Bertz CT molecular complexity index is 384. The van der Waals surface area contributed by atoms with E-state index in [1.165, 1.54) is 31.4 Å². The van der Waals surface area contributed by atoms with Crippen molar-refractivity contribution in [3.63, 3.8) is 0 Å². The molecule has 1 saturated carbocycles. The van der Waals surface area contributed by atoms with Crippen LogP contribution in [0.2, 0.25) is 0 Å². The van der Waals surface area contributed by atoms with E-state index in [1.54, 1.807) is 12.1 Å². The van der Waals surface area contributed by atoms with Crippen LogP contribution < -0.4 is 0 Å². The SMILES string of the molecule is CCOC(C(O)Cc1ccc(F)cc1)C1CCCCC1. The quantitative estimate of drug-likeness (QED) is 0.860. The Balaban J connectivity index is 1.98. The Kier molecular flexibility index (Phi) is 5.99. The van der Waals surface area contributed by atoms with Gasteiger partial charge in [0.05, 0.1) is 12.2 Å². The minimum atomic E-state index is -0.511. The molecule has 0 aliphatic heterocycles. The van der Waals surface area contributed by atoms with Crippen molar-refractivity contribution in [1.29, 1.82) is 0 Å². The second-order valence-electron chi connectivity index (χ2n) is 5.72. The van der Waals surface area contributed by atoms with E-state index in [1.807, 2.05) is 6.92 Å². The molecule has 20 heavy (non-hydrogen) atoms. The zero-order valence-corrected chi connectivity index (χ0v) is 12.2. The summed E-state index contributed by atoms with van der Waals surface area (Å²) in [4.78, 5) is 0. The number of hydrogen-bond donors (Lipinski definition) is 1. The van der Waals surface area contributed by atoms with E-state index < -0.39 is 6.10 Å². The van der Waals surface area contributed by atoms with Crippen LogP contribution in [0, 0.1) is 11.7 Å². The maximum Gasteiger partial charge on any atom is 0.123 e. The molecule has 0 amide bonds. The zero-order valence-electron chi connectivity index (χ0n) is 12.2. The Labute approximate surface area is 121 Å². The summed E-state index contributed by atoms with van der Waals surface area (Å²) in [5.74, 6) is 0.219. The number of rotatable bonds is 6. The van der Waals surface area contributed by atoms with Crippen molar-refractivity contribution in [3.05, 3.63) is 35.6 Å². The fourth-order valence-electron chi connectivity index (χ4n) is 3.19. The van der Waals surface area contributed by atoms with Crippen molar-refractivity contribution in [3.8, 4) is 0 Å². The third-order valence-corrected chi connectivity index (χ3v) is 4.21. The van der Waals surface area contributed by atoms with Gasteiger partial charge in [-0.3, -0.25) is 0 Å². The van der Waals surface area contributed by atoms with E-state index >= 15 is 0 Å². The molecule has 0 radical (unpaired) electrons. The van der Waals surface area contributed by atoms with Crippen LogP contribution in [0.3, 0.4) is 0 Å². The van der Waals surface area contributed by atoms with Gasteiger partial charge >= 0.3 is 0 Å². The van der Waals surface area contributed by atoms with Crippen molar-refractivity contribution in [1.82, 2.24) is 0 Å². The van der Waals surface area contributed by atoms with Crippen LogP contribution in [0.4, 0.5) is 4.39 Å². The molecule has 0 heterocycles. The van der Waals surface area contributed by atoms with E-state index in [2.05, 4.69) is 0 Å². The van der Waals surface area contributed by atoms with Gasteiger partial charge in [0.2, 0.25) is 0 Å². The van der Waals surface area contributed by atoms with Crippen molar-refractivity contribution < 1.29 is 14.2 Å². The molecule has 1 aliphatic rings. The summed E-state index contributed by atoms with van der Waals surface area (Å²) >= 11 is 0. The molecule has 0 aromatic heterocycles. The Hall–Kier alpha value is -0.930. The van der Waals surface area contributed by atoms with E-state index in [0.29, 0.717) is 18.9 Å². The highest BCUT2D eigenvalue weighted by molar-refractivity contribution is 5.17. The highest BCUT2D eigenvalue weighted by Crippen LogP contribution is 2.30. The van der Waals surface area contributed by atoms with Gasteiger partial charge in [-0.1, -0.05) is 31.4 Å². The van der Waals surface area contributed by atoms with Crippen LogP contribution in [-0.2, 0) is 11.2 Å². The second-order valence-corrected chi connectivity index (χ2v) is 5.72. The van der Waals surface area contributed by atoms with Crippen LogP contribution in [0.5, 0.6) is 0 Å². The van der Waals surface area contributed by atoms with Gasteiger partial charge < -0.3 is 9.84 Å². The van der Waals surface area contributed by atoms with Crippen LogP contribution in [-0.4, -0.2) is 23.9 Å². The van der Waals surface area contributed by atoms with Gasteiger partial charge in [0.1, 0.15) is 5.82 Å². The van der Waals surface area contributed by atoms with Crippen LogP contribution in [0.15, 0.2) is 24.3 Å². The van der Waals surface area contributed by atoms with Gasteiger partial charge in [-0.25, -0.2) is 4.39 Å². The first-order valence-corrected chi connectivity index (χ1v) is 7.74. The van der Waals surface area contributed by atoms with Crippen molar-refractivity contribution in [2.45, 2.75) is 57.7 Å². The molecule has 2 nitrogen and oxygen atoms in total. The lowest BCUT2D eigenvalue weighted by molar-refractivity contribution is -0.0715. The summed E-state index contributed by atoms with van der Waals surface area (Å²) < 4.78 is 18.7. The Morgan fingerprint density at radius 3 is 2.45 bits per heavy atom. The minimum absolute atomic E-state index is 0.0923. The lowest BCUT2D eigenvalue weighted by atomic mass is 9.82. The van der Waals surface area contributed by atoms with E-state index in [9.17, 15) is 9.50 Å². The van der Waals surface area contributed by atoms with Crippen LogP contribution in [0.25, 0.3) is 0 Å². The van der Waals surface area contributed by atoms with Crippen molar-refractivity contribution in [2.75, 3.05) is 6.61 Å². The number of benzene rings is 1. The molecule has 2 rings (SSSR count). The second kappa shape index (κ2) is 7.75. The monoisotopic (exact) mass is 280 g/mol. The average molecular weight is 280 g/mol. The maximum absolute atomic E-state index is 12.9. The van der Waals surface area contributed by atoms with Gasteiger partial charge in [-0.05, 0) is 43.4 Å². The highest BCUT2D eigenvalue weighted by atomic mass is 19.1. The minimum Gasteiger partial charge on any atom is -0.390 e. The first kappa shape index (κ1) is 15.5. The molecule has 112 valence electrons. The summed E-state index contributed by atoms with van der Waals surface area (Å²) in [6.07, 6.45) is 5.98. The number of aliphatic hydroxyl groups is 1. The molecule has 1 aromatic rings. The van der Waals surface area contributed by atoms with Crippen molar-refractivity contribution >= 4 is 0 Å². The normalized spacial score (nSPS) is 19.8. The number of aliphatic hydroxyl groups excluding tert-OH is 1. The van der Waals surface area contributed by atoms with Gasteiger partial charge in [0.25, 0.3) is 0 Å². The number of hydrogen-bond acceptors (Lipinski definition) is 2. The Morgan fingerprint density at radius 1 is 1.20 bits per heavy atom. The smallest absolute Gasteiger partial charge is 0.123 e. The fourth-order valence-corrected chi connectivity index (χ4v) is 3.19. The third kappa shape index (κ3) is 4.29. The molecule has 1 aliphatic carbocycles. The van der Waals surface area contributed by atoms with E-state index in [0.717, 1.165) is 18.4 Å². The predicted octanol–water partition coefficient (Wildman–Crippen LogP) is 3.71. The molecule has 2 unspecified atom stereocenters. The summed E-state index contributed by atoms with van der Waals surface area (Å²) in [6.45, 7) is 2.60. The molecule has 3 heteroatoms. The Morgan fingerprint density at radius 2 is 1.85 bits per heavy atom. The molecule has 0 spiro atoms. The van der Waals surface area contributed by atoms with Gasteiger partial charge in [0, 0.05) is 13.0 Å². The maximum atomic E-state index is 12.9. The van der Waals surface area contributed by atoms with Gasteiger partial charge in [-0.15, -0.1) is 0 Å². The first-order valence-electron chi connectivity index (χ1n) is 7.74. The lowest BCUT2D eigenvalue weighted by Crippen LogP contribution is -2.38. The van der Waals surface area contributed by atoms with Gasteiger partial charge in [-0.2, -0.15) is 0 Å². The van der Waals surface area contributed by atoms with Crippen LogP contribution >= 0.6 is 0 Å². The summed E-state index contributed by atoms with van der Waals surface area (Å²) in [6, 6.07) is 6.36. The molecule has 2 atom stereocenters. The lowest BCUT2D eigenvalue weighted by Gasteiger charge is -2.33. The molecule has 1 aromatic carbocycles. The van der Waals surface area contributed by atoms with E-state index in [-0.39, 0.29) is 11.9 Å². The molecule has 1 N–H and O–H groups in total. The first-order chi connectivity index (χ1) is 9.70. The largest absolute Gasteiger partial charge is 0.390 e. The summed E-state index contributed by atoms with van der Waals surface area (Å²) in [5.41, 5.74) is 0.958. The standard InChI is InChI=1S/C17H25FO2/c1-2-20-17(14-6-4-3-5-7-14)16(19)12-13-8-10-15(18)11-9-13/h8-11,14,16-17,19H,2-7,12H2,1H3. The molecule has 0 saturated heterocycles. The summed E-state index contributed by atoms with van der Waals surface area (Å²) in [7, 11) is 0. The fraction of sp³-hybridized carbons (Fsp3) is 0.647. The molecular formula is C17H25FO2. The van der Waals surface area contributed by atoms with Gasteiger partial charge in [0.15, 0.2) is 0 Å². The number of halogens is 1. The van der Waals surface area contributed by atoms with Crippen molar-refractivity contribution in [2.24, 2.45) is 5.92 Å². The molecule has 0 bridgehead atoms. The zero-order chi connectivity index (χ0) is 14.4. The number of ether oxygens (including phenoxy) is 1.